The summed E-state index contributed by atoms with van der Waals surface area (Å²) in [6, 6.07) is 0.0407. The second-order valence-corrected chi connectivity index (χ2v) is 5.93. The Bertz CT molecular complexity index is 395. The summed E-state index contributed by atoms with van der Waals surface area (Å²) in [5, 5.41) is 8.70. The van der Waals surface area contributed by atoms with Gasteiger partial charge in [0.1, 0.15) is 0 Å². The molecule has 0 saturated carbocycles. The number of aliphatic carboxylic acids is 1. The van der Waals surface area contributed by atoms with Crippen LogP contribution in [0.4, 0.5) is 0 Å². The van der Waals surface area contributed by atoms with Gasteiger partial charge < -0.3 is 14.9 Å². The van der Waals surface area contributed by atoms with E-state index in [1.165, 1.54) is 6.92 Å². The number of nitrogens with zero attached hydrogens (tertiary/aromatic N) is 2. The third kappa shape index (κ3) is 5.36. The third-order valence-corrected chi connectivity index (χ3v) is 3.91. The number of carbonyl (C=O) groups excluding carboxylic acids is 2. The first-order valence-electron chi connectivity index (χ1n) is 7.60. The maximum Gasteiger partial charge on any atom is 0.303 e. The van der Waals surface area contributed by atoms with Gasteiger partial charge in [0.2, 0.25) is 11.8 Å². The van der Waals surface area contributed by atoms with Gasteiger partial charge in [-0.1, -0.05) is 0 Å². The Morgan fingerprint density at radius 1 is 1.33 bits per heavy atom. The number of amides is 2. The Labute approximate surface area is 126 Å². The standard InChI is InChI=1S/C15H26N2O4/c1-11(2)17(9-5-7-14(19)20)15(21)13-6-4-8-16(10-13)12(3)18/h11,13H,4-10H2,1-3H3,(H,19,20). The molecule has 1 rings (SSSR count). The van der Waals surface area contributed by atoms with Crippen LogP contribution in [0.1, 0.15) is 46.5 Å². The van der Waals surface area contributed by atoms with Crippen LogP contribution in [-0.2, 0) is 14.4 Å². The first-order valence-corrected chi connectivity index (χ1v) is 7.60. The van der Waals surface area contributed by atoms with Crippen LogP contribution < -0.4 is 0 Å². The fourth-order valence-corrected chi connectivity index (χ4v) is 2.72. The molecule has 1 atom stereocenters. The van der Waals surface area contributed by atoms with E-state index in [4.69, 9.17) is 5.11 Å². The summed E-state index contributed by atoms with van der Waals surface area (Å²) < 4.78 is 0. The number of piperidine rings is 1. The number of carbonyl (C=O) groups is 3. The molecule has 1 aliphatic heterocycles. The lowest BCUT2D eigenvalue weighted by Gasteiger charge is -2.36. The molecule has 0 aromatic heterocycles. The van der Waals surface area contributed by atoms with E-state index < -0.39 is 5.97 Å². The summed E-state index contributed by atoms with van der Waals surface area (Å²) in [4.78, 5) is 38.1. The molecular weight excluding hydrogens is 272 g/mol. The predicted molar refractivity (Wildman–Crippen MR) is 78.7 cm³/mol. The van der Waals surface area contributed by atoms with Crippen molar-refractivity contribution in [1.82, 2.24) is 9.80 Å². The molecule has 0 aromatic carbocycles. The monoisotopic (exact) mass is 298 g/mol. The predicted octanol–water partition coefficient (Wildman–Crippen LogP) is 1.35. The lowest BCUT2D eigenvalue weighted by molar-refractivity contribution is -0.143. The van der Waals surface area contributed by atoms with Crippen molar-refractivity contribution < 1.29 is 19.5 Å². The summed E-state index contributed by atoms with van der Waals surface area (Å²) in [6.07, 6.45) is 2.17. The maximum atomic E-state index is 12.6. The number of carboxylic acid groups (broad SMARTS) is 1. The van der Waals surface area contributed by atoms with Gasteiger partial charge in [0, 0.05) is 39.0 Å². The van der Waals surface area contributed by atoms with Crippen molar-refractivity contribution in [2.24, 2.45) is 5.92 Å². The number of rotatable bonds is 6. The molecule has 120 valence electrons. The first kappa shape index (κ1) is 17.5. The summed E-state index contributed by atoms with van der Waals surface area (Å²) in [7, 11) is 0. The molecule has 0 spiro atoms. The van der Waals surface area contributed by atoms with Crippen LogP contribution in [0.15, 0.2) is 0 Å². The molecule has 0 bridgehead atoms. The zero-order valence-electron chi connectivity index (χ0n) is 13.2. The number of hydrogen-bond donors (Lipinski definition) is 1. The van der Waals surface area contributed by atoms with Crippen molar-refractivity contribution in [3.63, 3.8) is 0 Å². The van der Waals surface area contributed by atoms with E-state index in [0.717, 1.165) is 19.4 Å². The van der Waals surface area contributed by atoms with Crippen LogP contribution >= 0.6 is 0 Å². The van der Waals surface area contributed by atoms with E-state index in [9.17, 15) is 14.4 Å². The van der Waals surface area contributed by atoms with Crippen LogP contribution in [0, 0.1) is 5.92 Å². The van der Waals surface area contributed by atoms with Gasteiger partial charge in [-0.05, 0) is 33.1 Å². The normalized spacial score (nSPS) is 18.7. The van der Waals surface area contributed by atoms with Gasteiger partial charge in [0.05, 0.1) is 5.92 Å². The molecule has 6 nitrogen and oxygen atoms in total. The van der Waals surface area contributed by atoms with Gasteiger partial charge in [0.15, 0.2) is 0 Å². The molecule has 0 aliphatic carbocycles. The Morgan fingerprint density at radius 3 is 2.52 bits per heavy atom. The van der Waals surface area contributed by atoms with Gasteiger partial charge in [-0.3, -0.25) is 14.4 Å². The summed E-state index contributed by atoms with van der Waals surface area (Å²) >= 11 is 0. The highest BCUT2D eigenvalue weighted by atomic mass is 16.4. The van der Waals surface area contributed by atoms with Crippen molar-refractivity contribution in [3.8, 4) is 0 Å². The second kappa shape index (κ2) is 8.00. The summed E-state index contributed by atoms with van der Waals surface area (Å²) in [5.74, 6) is -0.947. The zero-order valence-corrected chi connectivity index (χ0v) is 13.2. The van der Waals surface area contributed by atoms with Crippen molar-refractivity contribution >= 4 is 17.8 Å². The fraction of sp³-hybridized carbons (Fsp3) is 0.800. The summed E-state index contributed by atoms with van der Waals surface area (Å²) in [5.41, 5.74) is 0. The maximum absolute atomic E-state index is 12.6. The minimum Gasteiger partial charge on any atom is -0.481 e. The van der Waals surface area contributed by atoms with Crippen LogP contribution in [0.25, 0.3) is 0 Å². The Hall–Kier alpha value is -1.59. The second-order valence-electron chi connectivity index (χ2n) is 5.93. The minimum absolute atomic E-state index is 0.00877. The SMILES string of the molecule is CC(=O)N1CCCC(C(=O)N(CCCC(=O)O)C(C)C)C1. The van der Waals surface area contributed by atoms with E-state index in [0.29, 0.717) is 19.5 Å². The van der Waals surface area contributed by atoms with E-state index in [1.54, 1.807) is 9.80 Å². The van der Waals surface area contributed by atoms with Crippen molar-refractivity contribution in [3.05, 3.63) is 0 Å². The molecule has 6 heteroatoms. The van der Waals surface area contributed by atoms with Gasteiger partial charge in [-0.15, -0.1) is 0 Å². The molecule has 21 heavy (non-hydrogen) atoms. The summed E-state index contributed by atoms with van der Waals surface area (Å²) in [6.45, 7) is 7.06. The Balaban J connectivity index is 2.62. The number of likely N-dealkylation sites (tertiary alicyclic amines) is 1. The number of carboxylic acids is 1. The highest BCUT2D eigenvalue weighted by Gasteiger charge is 2.31. The smallest absolute Gasteiger partial charge is 0.303 e. The molecule has 1 saturated heterocycles. The molecule has 1 heterocycles. The Morgan fingerprint density at radius 2 is 2.00 bits per heavy atom. The Kier molecular flexibility index (Phi) is 6.65. The fourth-order valence-electron chi connectivity index (χ4n) is 2.72. The van der Waals surface area contributed by atoms with E-state index in [1.807, 2.05) is 13.8 Å². The quantitative estimate of drug-likeness (QED) is 0.803. The third-order valence-electron chi connectivity index (χ3n) is 3.91. The van der Waals surface area contributed by atoms with Gasteiger partial charge in [-0.25, -0.2) is 0 Å². The first-order chi connectivity index (χ1) is 9.82. The van der Waals surface area contributed by atoms with Crippen LogP contribution in [0.5, 0.6) is 0 Å². The molecule has 1 unspecified atom stereocenters. The molecule has 0 radical (unpaired) electrons. The van der Waals surface area contributed by atoms with E-state index in [-0.39, 0.29) is 30.2 Å². The topological polar surface area (TPSA) is 77.9 Å². The van der Waals surface area contributed by atoms with Crippen LogP contribution in [-0.4, -0.2) is 58.4 Å². The molecule has 0 aromatic rings. The average Bonchev–Trinajstić information content (AvgIpc) is 2.42. The van der Waals surface area contributed by atoms with E-state index in [2.05, 4.69) is 0 Å². The lowest BCUT2D eigenvalue weighted by atomic mass is 9.95. The average molecular weight is 298 g/mol. The highest BCUT2D eigenvalue weighted by Crippen LogP contribution is 2.20. The van der Waals surface area contributed by atoms with E-state index >= 15 is 0 Å². The largest absolute Gasteiger partial charge is 0.481 e. The van der Waals surface area contributed by atoms with Crippen molar-refractivity contribution in [1.29, 1.82) is 0 Å². The minimum atomic E-state index is -0.841. The van der Waals surface area contributed by atoms with Gasteiger partial charge >= 0.3 is 5.97 Å². The molecule has 2 amide bonds. The molecule has 1 aliphatic rings. The van der Waals surface area contributed by atoms with Crippen LogP contribution in [0.3, 0.4) is 0 Å². The number of hydrogen-bond acceptors (Lipinski definition) is 3. The van der Waals surface area contributed by atoms with Crippen LogP contribution in [0.2, 0.25) is 0 Å². The van der Waals surface area contributed by atoms with Gasteiger partial charge in [0.25, 0.3) is 0 Å². The van der Waals surface area contributed by atoms with Crippen molar-refractivity contribution in [2.75, 3.05) is 19.6 Å². The lowest BCUT2D eigenvalue weighted by Crippen LogP contribution is -2.48. The highest BCUT2D eigenvalue weighted by molar-refractivity contribution is 5.81. The van der Waals surface area contributed by atoms with Crippen molar-refractivity contribution in [2.45, 2.75) is 52.5 Å². The molecule has 1 fully saturated rings. The van der Waals surface area contributed by atoms with Gasteiger partial charge in [-0.2, -0.15) is 0 Å². The molecule has 1 N–H and O–H groups in total. The zero-order chi connectivity index (χ0) is 16.0. The molecular formula is C15H26N2O4.